The third-order valence-electron chi connectivity index (χ3n) is 4.46. The van der Waals surface area contributed by atoms with Gasteiger partial charge in [0, 0.05) is 6.54 Å². The Hall–Kier alpha value is -3.70. The maximum atomic E-state index is 12.6. The zero-order valence-electron chi connectivity index (χ0n) is 15.4. The van der Waals surface area contributed by atoms with E-state index in [0.29, 0.717) is 29.7 Å². The van der Waals surface area contributed by atoms with Crippen LogP contribution in [0.3, 0.4) is 0 Å². The maximum absolute atomic E-state index is 12.6. The molecule has 1 atom stereocenters. The van der Waals surface area contributed by atoms with Crippen LogP contribution < -0.4 is 4.72 Å². The molecule has 1 N–H and O–H groups in total. The summed E-state index contributed by atoms with van der Waals surface area (Å²) in [5, 5.41) is 7.71. The van der Waals surface area contributed by atoms with Crippen molar-refractivity contribution >= 4 is 16.3 Å². The van der Waals surface area contributed by atoms with E-state index in [-0.39, 0.29) is 0 Å². The number of hydrogen-bond acceptors (Lipinski definition) is 5. The molecule has 3 rings (SSSR count). The van der Waals surface area contributed by atoms with Crippen molar-refractivity contribution in [2.45, 2.75) is 11.8 Å². The Morgan fingerprint density at radius 1 is 1.24 bits per heavy atom. The smallest absolute Gasteiger partial charge is 0.251 e. The highest BCUT2D eigenvalue weighted by Gasteiger charge is 2.27. The molecule has 0 spiro atoms. The van der Waals surface area contributed by atoms with Crippen molar-refractivity contribution in [2.24, 2.45) is 0 Å². The van der Waals surface area contributed by atoms with E-state index in [1.54, 1.807) is 10.6 Å². The van der Waals surface area contributed by atoms with Crippen molar-refractivity contribution in [1.82, 2.24) is 14.3 Å². The van der Waals surface area contributed by atoms with Crippen molar-refractivity contribution < 1.29 is 13.2 Å². The van der Waals surface area contributed by atoms with Crippen LogP contribution in [-0.4, -0.2) is 24.3 Å². The Balaban J connectivity index is 2.14. The SMILES string of the molecule is C=CC(c1cc(Cn2cncc2C=O)ccc1-c1ccccc1)S(=O)(=O)NC#N. The van der Waals surface area contributed by atoms with Crippen molar-refractivity contribution in [1.29, 1.82) is 5.26 Å². The number of aromatic nitrogens is 2. The third-order valence-corrected chi connectivity index (χ3v) is 5.95. The number of benzene rings is 2. The molecule has 8 heteroatoms. The average Bonchev–Trinajstić information content (AvgIpc) is 3.16. The van der Waals surface area contributed by atoms with Crippen LogP contribution in [0.2, 0.25) is 0 Å². The highest BCUT2D eigenvalue weighted by atomic mass is 32.2. The van der Waals surface area contributed by atoms with Crippen LogP contribution >= 0.6 is 0 Å². The molecule has 1 heterocycles. The molecule has 3 aromatic rings. The number of aldehydes is 1. The molecule has 146 valence electrons. The standard InChI is InChI=1S/C21H18N4O3S/c1-2-21(29(27,28)24-14-22)20-10-16(12-25-15-23-11-18(25)13-26)8-9-19(20)17-6-4-3-5-7-17/h2-11,13,15,21,24H,1,12H2. The van der Waals surface area contributed by atoms with Gasteiger partial charge in [0.15, 0.2) is 12.5 Å². The molecule has 0 amide bonds. The number of carbonyl (C=O) groups is 1. The first kappa shape index (κ1) is 20.0. The molecule has 29 heavy (non-hydrogen) atoms. The predicted octanol–water partition coefficient (Wildman–Crippen LogP) is 3.04. The van der Waals surface area contributed by atoms with Crippen molar-refractivity contribution in [3.8, 4) is 17.3 Å². The Bertz CT molecular complexity index is 1180. The molecule has 2 aromatic carbocycles. The van der Waals surface area contributed by atoms with Crippen LogP contribution in [0.1, 0.15) is 26.9 Å². The van der Waals surface area contributed by atoms with Gasteiger partial charge >= 0.3 is 0 Å². The third kappa shape index (κ3) is 4.25. The van der Waals surface area contributed by atoms with Gasteiger partial charge < -0.3 is 4.57 Å². The quantitative estimate of drug-likeness (QED) is 0.268. The number of rotatable bonds is 8. The van der Waals surface area contributed by atoms with E-state index in [9.17, 15) is 13.2 Å². The van der Waals surface area contributed by atoms with Crippen LogP contribution in [-0.2, 0) is 16.6 Å². The molecule has 1 unspecified atom stereocenters. The fraction of sp³-hybridized carbons (Fsp3) is 0.0952. The lowest BCUT2D eigenvalue weighted by molar-refractivity contribution is 0.111. The van der Waals surface area contributed by atoms with E-state index in [4.69, 9.17) is 5.26 Å². The topological polar surface area (TPSA) is 105 Å². The summed E-state index contributed by atoms with van der Waals surface area (Å²) in [5.41, 5.74) is 3.23. The molecule has 0 saturated heterocycles. The number of carbonyl (C=O) groups excluding carboxylic acids is 1. The second-order valence-electron chi connectivity index (χ2n) is 6.27. The van der Waals surface area contributed by atoms with E-state index >= 15 is 0 Å². The summed E-state index contributed by atoms with van der Waals surface area (Å²) in [6.45, 7) is 4.00. The molecule has 0 fully saturated rings. The number of nitrogens with zero attached hydrogens (tertiary/aromatic N) is 3. The van der Waals surface area contributed by atoms with E-state index in [0.717, 1.165) is 11.1 Å². The Morgan fingerprint density at radius 2 is 2.00 bits per heavy atom. The lowest BCUT2D eigenvalue weighted by Gasteiger charge is -2.19. The van der Waals surface area contributed by atoms with Crippen molar-refractivity contribution in [3.05, 3.63) is 90.5 Å². The Morgan fingerprint density at radius 3 is 2.66 bits per heavy atom. The van der Waals surface area contributed by atoms with Crippen LogP contribution in [0.5, 0.6) is 0 Å². The zero-order chi connectivity index (χ0) is 20.9. The molecule has 0 bridgehead atoms. The van der Waals surface area contributed by atoms with Crippen LogP contribution in [0, 0.1) is 11.5 Å². The predicted molar refractivity (Wildman–Crippen MR) is 109 cm³/mol. The normalized spacial score (nSPS) is 12.0. The van der Waals surface area contributed by atoms with Crippen molar-refractivity contribution in [2.75, 3.05) is 0 Å². The summed E-state index contributed by atoms with van der Waals surface area (Å²) in [6.07, 6.45) is 6.47. The van der Waals surface area contributed by atoms with Crippen LogP contribution in [0.25, 0.3) is 11.1 Å². The van der Waals surface area contributed by atoms with Gasteiger partial charge in [-0.3, -0.25) is 4.79 Å². The number of imidazole rings is 1. The van der Waals surface area contributed by atoms with Gasteiger partial charge in [0.2, 0.25) is 0 Å². The van der Waals surface area contributed by atoms with Crippen LogP contribution in [0.4, 0.5) is 0 Å². The fourth-order valence-electron chi connectivity index (χ4n) is 3.13. The molecule has 0 aliphatic rings. The minimum atomic E-state index is -4.00. The lowest BCUT2D eigenvalue weighted by Crippen LogP contribution is -2.24. The zero-order valence-corrected chi connectivity index (χ0v) is 16.2. The van der Waals surface area contributed by atoms with Gasteiger partial charge in [-0.2, -0.15) is 5.26 Å². The number of hydrogen-bond donors (Lipinski definition) is 1. The second kappa shape index (κ2) is 8.54. The van der Waals surface area contributed by atoms with Gasteiger partial charge in [-0.1, -0.05) is 54.6 Å². The Labute approximate surface area is 169 Å². The summed E-state index contributed by atoms with van der Waals surface area (Å²) in [6, 6.07) is 14.8. The van der Waals surface area contributed by atoms with E-state index in [2.05, 4.69) is 11.6 Å². The monoisotopic (exact) mass is 406 g/mol. The molecule has 0 aliphatic heterocycles. The minimum absolute atomic E-state index is 0.339. The summed E-state index contributed by atoms with van der Waals surface area (Å²) in [5.74, 6) is 0. The fourth-order valence-corrected chi connectivity index (χ4v) is 4.17. The molecule has 0 saturated carbocycles. The van der Waals surface area contributed by atoms with Crippen LogP contribution in [0.15, 0.2) is 73.7 Å². The van der Waals surface area contributed by atoms with Gasteiger partial charge in [0.05, 0.1) is 12.5 Å². The first-order valence-electron chi connectivity index (χ1n) is 8.66. The highest BCUT2D eigenvalue weighted by Crippen LogP contribution is 2.34. The van der Waals surface area contributed by atoms with Gasteiger partial charge in [0.25, 0.3) is 10.0 Å². The number of nitrogens with one attached hydrogen (secondary N) is 1. The summed E-state index contributed by atoms with van der Waals surface area (Å²) < 4.78 is 28.8. The molecular weight excluding hydrogens is 388 g/mol. The van der Waals surface area contributed by atoms with E-state index in [1.807, 2.05) is 47.2 Å². The van der Waals surface area contributed by atoms with E-state index in [1.165, 1.54) is 24.8 Å². The molecular formula is C21H18N4O3S. The largest absolute Gasteiger partial charge is 0.324 e. The van der Waals surface area contributed by atoms with Gasteiger partial charge in [-0.05, 0) is 22.3 Å². The molecule has 0 radical (unpaired) electrons. The van der Waals surface area contributed by atoms with Gasteiger partial charge in [-0.25, -0.2) is 18.1 Å². The number of nitriles is 1. The molecule has 0 aliphatic carbocycles. The van der Waals surface area contributed by atoms with Gasteiger partial charge in [-0.15, -0.1) is 6.58 Å². The summed E-state index contributed by atoms with van der Waals surface area (Å²) in [4.78, 5) is 15.1. The number of sulfonamides is 1. The highest BCUT2D eigenvalue weighted by molar-refractivity contribution is 7.90. The lowest BCUT2D eigenvalue weighted by atomic mass is 9.95. The first-order chi connectivity index (χ1) is 14.0. The summed E-state index contributed by atoms with van der Waals surface area (Å²) in [7, 11) is -4.00. The minimum Gasteiger partial charge on any atom is -0.324 e. The van der Waals surface area contributed by atoms with E-state index < -0.39 is 15.3 Å². The van der Waals surface area contributed by atoms with Gasteiger partial charge in [0.1, 0.15) is 10.9 Å². The molecule has 7 nitrogen and oxygen atoms in total. The van der Waals surface area contributed by atoms with Crippen molar-refractivity contribution in [3.63, 3.8) is 0 Å². The molecule has 1 aromatic heterocycles. The Kier molecular flexibility index (Phi) is 5.90. The second-order valence-corrected chi connectivity index (χ2v) is 8.07. The average molecular weight is 406 g/mol. The maximum Gasteiger partial charge on any atom is 0.251 e. The first-order valence-corrected chi connectivity index (χ1v) is 10.2. The summed E-state index contributed by atoms with van der Waals surface area (Å²) >= 11 is 0.